The van der Waals surface area contributed by atoms with Crippen molar-refractivity contribution >= 4 is 23.1 Å². The molecule has 1 aromatic heterocycles. The molecule has 0 saturated carbocycles. The summed E-state index contributed by atoms with van der Waals surface area (Å²) in [5, 5.41) is 14.7. The van der Waals surface area contributed by atoms with Crippen molar-refractivity contribution in [3.05, 3.63) is 16.1 Å². The fourth-order valence-electron chi connectivity index (χ4n) is 1.83. The quantitative estimate of drug-likeness (QED) is 0.864. The Hall–Kier alpha value is -0.100. The van der Waals surface area contributed by atoms with Crippen molar-refractivity contribution in [1.82, 2.24) is 10.3 Å². The number of thioether (sulfide) groups is 1. The van der Waals surface area contributed by atoms with Crippen LogP contribution in [-0.4, -0.2) is 33.7 Å². The van der Waals surface area contributed by atoms with Gasteiger partial charge in [0.1, 0.15) is 0 Å². The fraction of sp³-hybridized carbons (Fsp3) is 0.727. The van der Waals surface area contributed by atoms with Crippen LogP contribution < -0.4 is 5.32 Å². The molecule has 2 N–H and O–H groups in total. The number of nitrogens with one attached hydrogen (secondary N) is 1. The fourth-order valence-corrected chi connectivity index (χ4v) is 3.85. The molecular weight excluding hydrogens is 240 g/mol. The molecule has 0 atom stereocenters. The smallest absolute Gasteiger partial charge is 0.0897 e. The topological polar surface area (TPSA) is 45.2 Å². The molecule has 0 spiro atoms. The highest BCUT2D eigenvalue weighted by atomic mass is 32.2. The van der Waals surface area contributed by atoms with Crippen molar-refractivity contribution in [3.8, 4) is 0 Å². The monoisotopic (exact) mass is 258 g/mol. The van der Waals surface area contributed by atoms with Gasteiger partial charge in [-0.25, -0.2) is 4.98 Å². The number of nitrogens with zero attached hydrogens (tertiary/aromatic N) is 1. The first-order valence-electron chi connectivity index (χ1n) is 5.60. The molecule has 1 fully saturated rings. The Morgan fingerprint density at radius 1 is 1.50 bits per heavy atom. The first-order valence-corrected chi connectivity index (χ1v) is 7.57. The van der Waals surface area contributed by atoms with Crippen molar-refractivity contribution in [3.63, 3.8) is 0 Å². The SMILES string of the molecule is Cc1ncc(CNCC2(O)CCSCC2)s1. The third kappa shape index (κ3) is 3.45. The van der Waals surface area contributed by atoms with Crippen LogP contribution >= 0.6 is 23.1 Å². The molecule has 16 heavy (non-hydrogen) atoms. The van der Waals surface area contributed by atoms with E-state index in [4.69, 9.17) is 0 Å². The van der Waals surface area contributed by atoms with Gasteiger partial charge < -0.3 is 10.4 Å². The maximum atomic E-state index is 10.3. The van der Waals surface area contributed by atoms with E-state index in [1.807, 2.05) is 24.9 Å². The standard InChI is InChI=1S/C11H18N2OS2/c1-9-13-7-10(16-9)6-12-8-11(14)2-4-15-5-3-11/h7,12,14H,2-6,8H2,1H3. The van der Waals surface area contributed by atoms with Crippen LogP contribution in [0.1, 0.15) is 22.7 Å². The molecule has 0 aromatic carbocycles. The van der Waals surface area contributed by atoms with Gasteiger partial charge in [0, 0.05) is 24.2 Å². The molecule has 0 amide bonds. The second-order valence-corrected chi connectivity index (χ2v) is 6.83. The zero-order chi connectivity index (χ0) is 11.4. The number of hydrogen-bond donors (Lipinski definition) is 2. The summed E-state index contributed by atoms with van der Waals surface area (Å²) in [5.41, 5.74) is -0.481. The zero-order valence-corrected chi connectivity index (χ0v) is 11.2. The van der Waals surface area contributed by atoms with Gasteiger partial charge in [0.05, 0.1) is 10.6 Å². The highest BCUT2D eigenvalue weighted by molar-refractivity contribution is 7.99. The molecule has 90 valence electrons. The Bertz CT molecular complexity index is 334. The number of thiazole rings is 1. The van der Waals surface area contributed by atoms with Crippen molar-refractivity contribution in [1.29, 1.82) is 0 Å². The van der Waals surface area contributed by atoms with E-state index in [1.165, 1.54) is 4.88 Å². The number of aliphatic hydroxyl groups is 1. The van der Waals surface area contributed by atoms with E-state index in [0.29, 0.717) is 6.54 Å². The molecule has 0 bridgehead atoms. The van der Waals surface area contributed by atoms with Gasteiger partial charge in [0.15, 0.2) is 0 Å². The molecule has 0 aliphatic carbocycles. The van der Waals surface area contributed by atoms with Crippen LogP contribution in [0.15, 0.2) is 6.20 Å². The van der Waals surface area contributed by atoms with Gasteiger partial charge in [-0.3, -0.25) is 0 Å². The highest BCUT2D eigenvalue weighted by Crippen LogP contribution is 2.26. The minimum Gasteiger partial charge on any atom is -0.389 e. The van der Waals surface area contributed by atoms with E-state index in [-0.39, 0.29) is 0 Å². The van der Waals surface area contributed by atoms with Crippen LogP contribution in [-0.2, 0) is 6.54 Å². The molecule has 1 aliphatic heterocycles. The molecule has 5 heteroatoms. The lowest BCUT2D eigenvalue weighted by Gasteiger charge is -2.31. The summed E-state index contributed by atoms with van der Waals surface area (Å²) < 4.78 is 0. The van der Waals surface area contributed by atoms with E-state index in [0.717, 1.165) is 35.9 Å². The van der Waals surface area contributed by atoms with E-state index >= 15 is 0 Å². The van der Waals surface area contributed by atoms with Gasteiger partial charge in [0.25, 0.3) is 0 Å². The summed E-state index contributed by atoms with van der Waals surface area (Å²) in [5.74, 6) is 2.16. The lowest BCUT2D eigenvalue weighted by molar-refractivity contribution is 0.0321. The highest BCUT2D eigenvalue weighted by Gasteiger charge is 2.28. The molecule has 1 saturated heterocycles. The third-order valence-electron chi connectivity index (χ3n) is 2.85. The van der Waals surface area contributed by atoms with E-state index in [2.05, 4.69) is 10.3 Å². The lowest BCUT2D eigenvalue weighted by atomic mass is 9.97. The average molecular weight is 258 g/mol. The van der Waals surface area contributed by atoms with E-state index in [9.17, 15) is 5.11 Å². The predicted octanol–water partition coefficient (Wildman–Crippen LogP) is 1.80. The van der Waals surface area contributed by atoms with Crippen LogP contribution in [0.4, 0.5) is 0 Å². The van der Waals surface area contributed by atoms with E-state index < -0.39 is 5.60 Å². The van der Waals surface area contributed by atoms with Gasteiger partial charge in [-0.1, -0.05) is 0 Å². The summed E-state index contributed by atoms with van der Waals surface area (Å²) in [4.78, 5) is 5.45. The summed E-state index contributed by atoms with van der Waals surface area (Å²) >= 11 is 3.65. The molecule has 2 heterocycles. The maximum absolute atomic E-state index is 10.3. The van der Waals surface area contributed by atoms with Gasteiger partial charge in [0.2, 0.25) is 0 Å². The molecular formula is C11H18N2OS2. The minimum atomic E-state index is -0.481. The molecule has 2 rings (SSSR count). The molecule has 0 unspecified atom stereocenters. The summed E-state index contributed by atoms with van der Waals surface area (Å²) in [6.45, 7) is 3.53. The number of rotatable bonds is 4. The Kier molecular flexibility index (Phi) is 4.24. The van der Waals surface area contributed by atoms with Crippen LogP contribution in [0.2, 0.25) is 0 Å². The van der Waals surface area contributed by atoms with Gasteiger partial charge in [-0.15, -0.1) is 11.3 Å². The molecule has 1 aromatic rings. The summed E-state index contributed by atoms with van der Waals surface area (Å²) in [7, 11) is 0. The largest absolute Gasteiger partial charge is 0.389 e. The second kappa shape index (κ2) is 5.49. The Morgan fingerprint density at radius 2 is 2.25 bits per heavy atom. The molecule has 1 aliphatic rings. The summed E-state index contributed by atoms with van der Waals surface area (Å²) in [6, 6.07) is 0. The van der Waals surface area contributed by atoms with E-state index in [1.54, 1.807) is 11.3 Å². The Labute approximate surface area is 105 Å². The van der Waals surface area contributed by atoms with Crippen LogP contribution in [0.3, 0.4) is 0 Å². The Balaban J connectivity index is 1.74. The lowest BCUT2D eigenvalue weighted by Crippen LogP contribution is -2.43. The minimum absolute atomic E-state index is 0.481. The average Bonchev–Trinajstić information content (AvgIpc) is 2.65. The van der Waals surface area contributed by atoms with Crippen LogP contribution in [0.5, 0.6) is 0 Å². The first kappa shape index (κ1) is 12.4. The first-order chi connectivity index (χ1) is 7.68. The van der Waals surface area contributed by atoms with Gasteiger partial charge in [-0.05, 0) is 31.3 Å². The number of aryl methyl sites for hydroxylation is 1. The second-order valence-electron chi connectivity index (χ2n) is 4.29. The van der Waals surface area contributed by atoms with Crippen LogP contribution in [0.25, 0.3) is 0 Å². The van der Waals surface area contributed by atoms with Crippen molar-refractivity contribution < 1.29 is 5.11 Å². The third-order valence-corrected chi connectivity index (χ3v) is 4.74. The summed E-state index contributed by atoms with van der Waals surface area (Å²) in [6.07, 6.45) is 3.73. The maximum Gasteiger partial charge on any atom is 0.0897 e. The van der Waals surface area contributed by atoms with Crippen molar-refractivity contribution in [2.24, 2.45) is 0 Å². The van der Waals surface area contributed by atoms with Crippen molar-refractivity contribution in [2.45, 2.75) is 31.9 Å². The number of aromatic nitrogens is 1. The molecule has 0 radical (unpaired) electrons. The Morgan fingerprint density at radius 3 is 2.88 bits per heavy atom. The normalized spacial score (nSPS) is 19.9. The van der Waals surface area contributed by atoms with Gasteiger partial charge in [-0.2, -0.15) is 11.8 Å². The predicted molar refractivity (Wildman–Crippen MR) is 70.1 cm³/mol. The van der Waals surface area contributed by atoms with Crippen molar-refractivity contribution in [2.75, 3.05) is 18.1 Å². The van der Waals surface area contributed by atoms with Gasteiger partial charge >= 0.3 is 0 Å². The van der Waals surface area contributed by atoms with Crippen LogP contribution in [0, 0.1) is 6.92 Å². The molecule has 3 nitrogen and oxygen atoms in total. The zero-order valence-electron chi connectivity index (χ0n) is 9.53. The number of hydrogen-bond acceptors (Lipinski definition) is 5.